The highest BCUT2D eigenvalue weighted by atomic mass is 79.9. The third-order valence-corrected chi connectivity index (χ3v) is 6.83. The van der Waals surface area contributed by atoms with Gasteiger partial charge in [-0.25, -0.2) is 8.42 Å². The highest BCUT2D eigenvalue weighted by Crippen LogP contribution is 2.35. The molecule has 0 bridgehead atoms. The standard InChI is InChI=1S/C12H12BrClN2O2S2/c1-15-7-8-4-2-3-5-10(8)16-20(17,18)11-6-9(14)12(13)19-11/h2-6,15-16H,7H2,1H3. The molecule has 0 aliphatic carbocycles. The van der Waals surface area contributed by atoms with Gasteiger partial charge in [0.15, 0.2) is 0 Å². The molecule has 2 aromatic rings. The predicted octanol–water partition coefficient (Wildman–Crippen LogP) is 3.68. The van der Waals surface area contributed by atoms with Gasteiger partial charge in [-0.1, -0.05) is 29.8 Å². The molecule has 0 radical (unpaired) electrons. The molecule has 0 saturated carbocycles. The van der Waals surface area contributed by atoms with Crippen molar-refractivity contribution >= 4 is 54.6 Å². The summed E-state index contributed by atoms with van der Waals surface area (Å²) in [4.78, 5) is 0. The van der Waals surface area contributed by atoms with Gasteiger partial charge in [-0.15, -0.1) is 11.3 Å². The van der Waals surface area contributed by atoms with E-state index in [-0.39, 0.29) is 4.21 Å². The van der Waals surface area contributed by atoms with Crippen molar-refractivity contribution in [2.45, 2.75) is 10.8 Å². The normalized spacial score (nSPS) is 11.6. The van der Waals surface area contributed by atoms with Gasteiger partial charge in [0.05, 0.1) is 14.5 Å². The number of halogens is 2. The topological polar surface area (TPSA) is 58.2 Å². The molecule has 0 unspecified atom stereocenters. The van der Waals surface area contributed by atoms with Crippen molar-refractivity contribution < 1.29 is 8.42 Å². The third kappa shape index (κ3) is 3.53. The molecule has 4 nitrogen and oxygen atoms in total. The molecule has 2 rings (SSSR count). The molecule has 0 saturated heterocycles. The summed E-state index contributed by atoms with van der Waals surface area (Å²) in [5.41, 5.74) is 1.43. The number of para-hydroxylation sites is 1. The van der Waals surface area contributed by atoms with Crippen LogP contribution in [0.5, 0.6) is 0 Å². The van der Waals surface area contributed by atoms with Gasteiger partial charge in [-0.05, 0) is 40.7 Å². The van der Waals surface area contributed by atoms with Crippen LogP contribution in [0.1, 0.15) is 5.56 Å². The molecule has 0 atom stereocenters. The lowest BCUT2D eigenvalue weighted by Gasteiger charge is -2.11. The van der Waals surface area contributed by atoms with Gasteiger partial charge in [0.2, 0.25) is 0 Å². The van der Waals surface area contributed by atoms with E-state index >= 15 is 0 Å². The first-order chi connectivity index (χ1) is 9.44. The van der Waals surface area contributed by atoms with E-state index < -0.39 is 10.0 Å². The molecular weight excluding hydrogens is 384 g/mol. The summed E-state index contributed by atoms with van der Waals surface area (Å²) in [7, 11) is -1.82. The Hall–Kier alpha value is -0.600. The first kappa shape index (κ1) is 15.8. The van der Waals surface area contributed by atoms with Crippen LogP contribution in [-0.4, -0.2) is 15.5 Å². The molecular formula is C12H12BrClN2O2S2. The number of rotatable bonds is 5. The summed E-state index contributed by atoms with van der Waals surface area (Å²) in [5, 5.41) is 3.39. The van der Waals surface area contributed by atoms with Crippen molar-refractivity contribution in [3.05, 3.63) is 44.7 Å². The molecule has 0 spiro atoms. The number of anilines is 1. The Labute approximate surface area is 135 Å². The summed E-state index contributed by atoms with van der Waals surface area (Å²) in [6, 6.07) is 8.68. The molecule has 1 aromatic heterocycles. The molecule has 1 heterocycles. The molecule has 8 heteroatoms. The number of hydrogen-bond donors (Lipinski definition) is 2. The maximum absolute atomic E-state index is 12.3. The minimum Gasteiger partial charge on any atom is -0.316 e. The Bertz CT molecular complexity index is 696. The van der Waals surface area contributed by atoms with Gasteiger partial charge < -0.3 is 5.32 Å². The van der Waals surface area contributed by atoms with E-state index in [0.29, 0.717) is 21.0 Å². The molecule has 0 amide bonds. The van der Waals surface area contributed by atoms with E-state index in [4.69, 9.17) is 11.6 Å². The molecule has 0 aliphatic heterocycles. The maximum Gasteiger partial charge on any atom is 0.271 e. The lowest BCUT2D eigenvalue weighted by Crippen LogP contribution is -2.15. The second-order valence-electron chi connectivity index (χ2n) is 3.98. The number of benzene rings is 1. The van der Waals surface area contributed by atoms with Crippen molar-refractivity contribution in [2.75, 3.05) is 11.8 Å². The minimum atomic E-state index is -3.63. The van der Waals surface area contributed by atoms with E-state index in [2.05, 4.69) is 26.0 Å². The van der Waals surface area contributed by atoms with Gasteiger partial charge in [0, 0.05) is 6.54 Å². The van der Waals surface area contributed by atoms with Crippen LogP contribution in [0, 0.1) is 0 Å². The van der Waals surface area contributed by atoms with Crippen LogP contribution in [-0.2, 0) is 16.6 Å². The lowest BCUT2D eigenvalue weighted by molar-refractivity contribution is 0.603. The smallest absolute Gasteiger partial charge is 0.271 e. The van der Waals surface area contributed by atoms with Crippen molar-refractivity contribution in [3.8, 4) is 0 Å². The summed E-state index contributed by atoms with van der Waals surface area (Å²) < 4.78 is 28.0. The summed E-state index contributed by atoms with van der Waals surface area (Å²) >= 11 is 10.2. The second-order valence-corrected chi connectivity index (χ2v) is 8.67. The van der Waals surface area contributed by atoms with Crippen molar-refractivity contribution in [3.63, 3.8) is 0 Å². The highest BCUT2D eigenvalue weighted by molar-refractivity contribution is 9.11. The van der Waals surface area contributed by atoms with Crippen molar-refractivity contribution in [1.82, 2.24) is 5.32 Å². The SMILES string of the molecule is CNCc1ccccc1NS(=O)(=O)c1cc(Cl)c(Br)s1. The quantitative estimate of drug-likeness (QED) is 0.812. The van der Waals surface area contributed by atoms with Gasteiger partial charge in [-0.3, -0.25) is 4.72 Å². The minimum absolute atomic E-state index is 0.175. The zero-order valence-corrected chi connectivity index (χ0v) is 14.5. The first-order valence-electron chi connectivity index (χ1n) is 5.64. The Morgan fingerprint density at radius 1 is 1.35 bits per heavy atom. The van der Waals surface area contributed by atoms with Gasteiger partial charge in [0.25, 0.3) is 10.0 Å². The largest absolute Gasteiger partial charge is 0.316 e. The molecule has 20 heavy (non-hydrogen) atoms. The lowest BCUT2D eigenvalue weighted by atomic mass is 10.2. The van der Waals surface area contributed by atoms with E-state index in [0.717, 1.165) is 16.9 Å². The average Bonchev–Trinajstić information content (AvgIpc) is 2.73. The van der Waals surface area contributed by atoms with E-state index in [1.165, 1.54) is 6.07 Å². The molecule has 2 N–H and O–H groups in total. The third-order valence-electron chi connectivity index (χ3n) is 2.52. The van der Waals surface area contributed by atoms with Crippen LogP contribution in [0.3, 0.4) is 0 Å². The van der Waals surface area contributed by atoms with Crippen LogP contribution in [0.25, 0.3) is 0 Å². The van der Waals surface area contributed by atoms with E-state index in [9.17, 15) is 8.42 Å². The Morgan fingerprint density at radius 2 is 2.05 bits per heavy atom. The fourth-order valence-corrected chi connectivity index (χ4v) is 5.12. The molecule has 1 aromatic carbocycles. The summed E-state index contributed by atoms with van der Waals surface area (Å²) in [6.07, 6.45) is 0. The van der Waals surface area contributed by atoms with Crippen LogP contribution in [0.4, 0.5) is 5.69 Å². The fourth-order valence-electron chi connectivity index (χ4n) is 1.62. The van der Waals surface area contributed by atoms with Gasteiger partial charge in [0.1, 0.15) is 4.21 Å². The maximum atomic E-state index is 12.3. The number of nitrogens with one attached hydrogen (secondary N) is 2. The Morgan fingerprint density at radius 3 is 2.65 bits per heavy atom. The highest BCUT2D eigenvalue weighted by Gasteiger charge is 2.20. The van der Waals surface area contributed by atoms with Gasteiger partial charge >= 0.3 is 0 Å². The first-order valence-corrected chi connectivity index (χ1v) is 9.11. The van der Waals surface area contributed by atoms with E-state index in [1.807, 2.05) is 12.1 Å². The number of hydrogen-bond acceptors (Lipinski definition) is 4. The second kappa shape index (κ2) is 6.44. The van der Waals surface area contributed by atoms with Crippen LogP contribution < -0.4 is 10.0 Å². The summed E-state index contributed by atoms with van der Waals surface area (Å²) in [6.45, 7) is 0.577. The number of thiophene rings is 1. The zero-order valence-electron chi connectivity index (χ0n) is 10.5. The van der Waals surface area contributed by atoms with Crippen molar-refractivity contribution in [2.24, 2.45) is 0 Å². The van der Waals surface area contributed by atoms with Crippen LogP contribution in [0.2, 0.25) is 5.02 Å². The Kier molecular flexibility index (Phi) is 5.09. The van der Waals surface area contributed by atoms with Gasteiger partial charge in [-0.2, -0.15) is 0 Å². The predicted molar refractivity (Wildman–Crippen MR) is 87.0 cm³/mol. The zero-order chi connectivity index (χ0) is 14.8. The molecule has 0 fully saturated rings. The summed E-state index contributed by atoms with van der Waals surface area (Å²) in [5.74, 6) is 0. The molecule has 108 valence electrons. The van der Waals surface area contributed by atoms with Crippen LogP contribution in [0.15, 0.2) is 38.3 Å². The number of sulfonamides is 1. The fraction of sp³-hybridized carbons (Fsp3) is 0.167. The monoisotopic (exact) mass is 394 g/mol. The average molecular weight is 396 g/mol. The Balaban J connectivity index is 2.33. The van der Waals surface area contributed by atoms with Crippen LogP contribution >= 0.6 is 38.9 Å². The van der Waals surface area contributed by atoms with Crippen molar-refractivity contribution in [1.29, 1.82) is 0 Å². The molecule has 0 aliphatic rings. The van der Waals surface area contributed by atoms with E-state index in [1.54, 1.807) is 19.2 Å².